The van der Waals surface area contributed by atoms with Gasteiger partial charge in [0, 0.05) is 24.7 Å². The molecule has 0 fully saturated rings. The van der Waals surface area contributed by atoms with E-state index in [1.807, 2.05) is 0 Å². The lowest BCUT2D eigenvalue weighted by Crippen LogP contribution is -2.27. The summed E-state index contributed by atoms with van der Waals surface area (Å²) in [5, 5.41) is 0. The van der Waals surface area contributed by atoms with E-state index in [0.29, 0.717) is 11.1 Å². The molecular formula is C13H18N2O2. The van der Waals surface area contributed by atoms with Crippen molar-refractivity contribution in [3.05, 3.63) is 35.4 Å². The van der Waals surface area contributed by atoms with Crippen LogP contribution in [-0.4, -0.2) is 30.3 Å². The second kappa shape index (κ2) is 6.03. The average Bonchev–Trinajstić information content (AvgIpc) is 2.35. The molecule has 0 saturated carbocycles. The van der Waals surface area contributed by atoms with Crippen molar-refractivity contribution in [2.24, 2.45) is 5.73 Å². The Hall–Kier alpha value is -1.84. The summed E-state index contributed by atoms with van der Waals surface area (Å²) in [5.41, 5.74) is 6.12. The van der Waals surface area contributed by atoms with Gasteiger partial charge in [0.05, 0.1) is 0 Å². The quantitative estimate of drug-likeness (QED) is 0.842. The number of benzene rings is 1. The molecule has 0 unspecified atom stereocenters. The highest BCUT2D eigenvalue weighted by Gasteiger charge is 2.11. The van der Waals surface area contributed by atoms with Crippen LogP contribution in [0.1, 0.15) is 40.5 Å². The van der Waals surface area contributed by atoms with Gasteiger partial charge in [-0.25, -0.2) is 0 Å². The average molecular weight is 234 g/mol. The Morgan fingerprint density at radius 2 is 1.71 bits per heavy atom. The van der Waals surface area contributed by atoms with Gasteiger partial charge < -0.3 is 10.6 Å². The molecule has 17 heavy (non-hydrogen) atoms. The largest absolute Gasteiger partial charge is 0.366 e. The van der Waals surface area contributed by atoms with E-state index in [1.54, 1.807) is 36.2 Å². The van der Waals surface area contributed by atoms with Crippen molar-refractivity contribution < 1.29 is 9.59 Å². The van der Waals surface area contributed by atoms with Crippen molar-refractivity contribution in [1.29, 1.82) is 0 Å². The van der Waals surface area contributed by atoms with Crippen LogP contribution in [0, 0.1) is 0 Å². The molecule has 2 amide bonds. The Balaban J connectivity index is 2.72. The van der Waals surface area contributed by atoms with Crippen LogP contribution in [-0.2, 0) is 0 Å². The fraction of sp³-hybridized carbons (Fsp3) is 0.385. The number of rotatable bonds is 5. The number of nitrogens with zero attached hydrogens (tertiary/aromatic N) is 1. The first kappa shape index (κ1) is 13.2. The highest BCUT2D eigenvalue weighted by Crippen LogP contribution is 2.07. The molecular weight excluding hydrogens is 216 g/mol. The number of carbonyl (C=O) groups excluding carboxylic acids is 2. The minimum Gasteiger partial charge on any atom is -0.366 e. The molecule has 0 heterocycles. The lowest BCUT2D eigenvalue weighted by Gasteiger charge is -2.16. The minimum absolute atomic E-state index is 0.0329. The molecule has 1 aromatic rings. The molecule has 2 N–H and O–H groups in total. The first-order chi connectivity index (χ1) is 8.06. The number of amides is 2. The van der Waals surface area contributed by atoms with Crippen LogP contribution in [0.4, 0.5) is 0 Å². The Kier molecular flexibility index (Phi) is 4.69. The summed E-state index contributed by atoms with van der Waals surface area (Å²) in [6.45, 7) is 2.83. The zero-order valence-electron chi connectivity index (χ0n) is 10.3. The Morgan fingerprint density at radius 1 is 1.18 bits per heavy atom. The van der Waals surface area contributed by atoms with Crippen molar-refractivity contribution in [2.45, 2.75) is 19.8 Å². The lowest BCUT2D eigenvalue weighted by atomic mass is 10.1. The SMILES string of the molecule is CCCCN(C)C(=O)c1ccc(C(N)=O)cc1. The maximum Gasteiger partial charge on any atom is 0.253 e. The third-order valence-corrected chi connectivity index (χ3v) is 2.61. The maximum atomic E-state index is 11.9. The highest BCUT2D eigenvalue weighted by molar-refractivity contribution is 5.97. The van der Waals surface area contributed by atoms with Gasteiger partial charge in [-0.2, -0.15) is 0 Å². The second-order valence-electron chi connectivity index (χ2n) is 4.02. The Bertz CT molecular complexity index is 398. The molecule has 0 aliphatic heterocycles. The first-order valence-corrected chi connectivity index (χ1v) is 5.71. The van der Waals surface area contributed by atoms with E-state index in [-0.39, 0.29) is 5.91 Å². The molecule has 1 aromatic carbocycles. The predicted molar refractivity (Wildman–Crippen MR) is 66.8 cm³/mol. The molecule has 0 spiro atoms. The zero-order valence-corrected chi connectivity index (χ0v) is 10.3. The third kappa shape index (κ3) is 3.59. The monoisotopic (exact) mass is 234 g/mol. The molecule has 0 atom stereocenters. The second-order valence-corrected chi connectivity index (χ2v) is 4.02. The van der Waals surface area contributed by atoms with Crippen molar-refractivity contribution in [3.63, 3.8) is 0 Å². The number of hydrogen-bond donors (Lipinski definition) is 1. The van der Waals surface area contributed by atoms with E-state index in [4.69, 9.17) is 5.73 Å². The van der Waals surface area contributed by atoms with Crippen LogP contribution in [0.25, 0.3) is 0 Å². The van der Waals surface area contributed by atoms with E-state index in [0.717, 1.165) is 19.4 Å². The summed E-state index contributed by atoms with van der Waals surface area (Å²) in [4.78, 5) is 24.5. The summed E-state index contributed by atoms with van der Waals surface area (Å²) in [7, 11) is 1.78. The van der Waals surface area contributed by atoms with Crippen LogP contribution in [0.5, 0.6) is 0 Å². The van der Waals surface area contributed by atoms with E-state index in [2.05, 4.69) is 6.92 Å². The number of nitrogens with two attached hydrogens (primary N) is 1. The van der Waals surface area contributed by atoms with Gasteiger partial charge in [0.15, 0.2) is 0 Å². The summed E-state index contributed by atoms with van der Waals surface area (Å²) >= 11 is 0. The summed E-state index contributed by atoms with van der Waals surface area (Å²) in [6, 6.07) is 6.40. The molecule has 4 heteroatoms. The molecule has 0 aliphatic carbocycles. The van der Waals surface area contributed by atoms with E-state index >= 15 is 0 Å². The summed E-state index contributed by atoms with van der Waals surface area (Å²) in [6.07, 6.45) is 2.04. The molecule has 0 radical (unpaired) electrons. The molecule has 0 aliphatic rings. The topological polar surface area (TPSA) is 63.4 Å². The van der Waals surface area contributed by atoms with Crippen LogP contribution in [0.15, 0.2) is 24.3 Å². The van der Waals surface area contributed by atoms with Crippen molar-refractivity contribution >= 4 is 11.8 Å². The molecule has 0 aromatic heterocycles. The van der Waals surface area contributed by atoms with Gasteiger partial charge in [-0.3, -0.25) is 9.59 Å². The van der Waals surface area contributed by atoms with Gasteiger partial charge in [0.1, 0.15) is 0 Å². The van der Waals surface area contributed by atoms with E-state index in [1.165, 1.54) is 0 Å². The Labute approximate surface area is 101 Å². The van der Waals surface area contributed by atoms with Crippen LogP contribution in [0.2, 0.25) is 0 Å². The van der Waals surface area contributed by atoms with Crippen molar-refractivity contribution in [1.82, 2.24) is 4.90 Å². The predicted octanol–water partition coefficient (Wildman–Crippen LogP) is 1.66. The lowest BCUT2D eigenvalue weighted by molar-refractivity contribution is 0.0792. The van der Waals surface area contributed by atoms with Gasteiger partial charge in [0.25, 0.3) is 5.91 Å². The van der Waals surface area contributed by atoms with Crippen molar-refractivity contribution in [2.75, 3.05) is 13.6 Å². The van der Waals surface area contributed by atoms with Crippen molar-refractivity contribution in [3.8, 4) is 0 Å². The summed E-state index contributed by atoms with van der Waals surface area (Å²) < 4.78 is 0. The first-order valence-electron chi connectivity index (χ1n) is 5.71. The molecule has 0 saturated heterocycles. The van der Waals surface area contributed by atoms with Crippen LogP contribution >= 0.6 is 0 Å². The molecule has 1 rings (SSSR count). The van der Waals surface area contributed by atoms with Gasteiger partial charge in [-0.1, -0.05) is 13.3 Å². The summed E-state index contributed by atoms with van der Waals surface area (Å²) in [5.74, 6) is -0.516. The third-order valence-electron chi connectivity index (χ3n) is 2.61. The minimum atomic E-state index is -0.483. The standard InChI is InChI=1S/C13H18N2O2/c1-3-4-9-15(2)13(17)11-7-5-10(6-8-11)12(14)16/h5-8H,3-4,9H2,1-2H3,(H2,14,16). The van der Waals surface area contributed by atoms with Crippen LogP contribution < -0.4 is 5.73 Å². The fourth-order valence-corrected chi connectivity index (χ4v) is 1.49. The molecule has 92 valence electrons. The highest BCUT2D eigenvalue weighted by atomic mass is 16.2. The van der Waals surface area contributed by atoms with Crippen LogP contribution in [0.3, 0.4) is 0 Å². The maximum absolute atomic E-state index is 11.9. The Morgan fingerprint density at radius 3 is 2.18 bits per heavy atom. The number of unbranched alkanes of at least 4 members (excludes halogenated alkanes) is 1. The van der Waals surface area contributed by atoms with E-state index in [9.17, 15) is 9.59 Å². The van der Waals surface area contributed by atoms with Gasteiger partial charge in [-0.15, -0.1) is 0 Å². The smallest absolute Gasteiger partial charge is 0.253 e. The fourth-order valence-electron chi connectivity index (χ4n) is 1.49. The number of hydrogen-bond acceptors (Lipinski definition) is 2. The van der Waals surface area contributed by atoms with E-state index < -0.39 is 5.91 Å². The zero-order chi connectivity index (χ0) is 12.8. The van der Waals surface area contributed by atoms with Gasteiger partial charge in [-0.05, 0) is 30.7 Å². The molecule has 0 bridgehead atoms. The number of primary amides is 1. The van der Waals surface area contributed by atoms with Gasteiger partial charge >= 0.3 is 0 Å². The normalized spacial score (nSPS) is 10.0. The molecule has 4 nitrogen and oxygen atoms in total. The number of carbonyl (C=O) groups is 2. The van der Waals surface area contributed by atoms with Gasteiger partial charge in [0.2, 0.25) is 5.91 Å².